The van der Waals surface area contributed by atoms with E-state index in [1.807, 2.05) is 53.4 Å². The molecule has 0 fully saturated rings. The molecule has 1 aliphatic rings. The molecule has 3 aromatic rings. The second-order valence-corrected chi connectivity index (χ2v) is 5.80. The van der Waals surface area contributed by atoms with Crippen LogP contribution < -0.4 is 14.8 Å². The third-order valence-electron chi connectivity index (χ3n) is 4.06. The van der Waals surface area contributed by atoms with E-state index in [2.05, 4.69) is 10.4 Å². The smallest absolute Gasteiger partial charge is 0.256 e. The van der Waals surface area contributed by atoms with Crippen LogP contribution in [0.15, 0.2) is 55.0 Å². The van der Waals surface area contributed by atoms with E-state index in [0.29, 0.717) is 30.3 Å². The second kappa shape index (κ2) is 6.35. The lowest BCUT2D eigenvalue weighted by atomic mass is 10.2. The Hall–Kier alpha value is -3.22. The van der Waals surface area contributed by atoms with Crippen LogP contribution in [-0.2, 0) is 7.05 Å². The molecule has 0 saturated heterocycles. The Morgan fingerprint density at radius 3 is 2.80 bits per heavy atom. The predicted molar refractivity (Wildman–Crippen MR) is 91.2 cm³/mol. The van der Waals surface area contributed by atoms with Gasteiger partial charge in [0.05, 0.1) is 12.7 Å². The lowest BCUT2D eigenvalue weighted by Crippen LogP contribution is -2.40. The van der Waals surface area contributed by atoms with Crippen molar-refractivity contribution in [1.82, 2.24) is 19.7 Å². The summed E-state index contributed by atoms with van der Waals surface area (Å²) in [7, 11) is 1.81. The summed E-state index contributed by atoms with van der Waals surface area (Å²) in [6, 6.07) is 11.3. The quantitative estimate of drug-likeness (QED) is 0.787. The number of para-hydroxylation sites is 2. The lowest BCUT2D eigenvalue weighted by molar-refractivity contribution is 0.0789. The summed E-state index contributed by atoms with van der Waals surface area (Å²) in [5.74, 6) is 1.95. The van der Waals surface area contributed by atoms with Crippen molar-refractivity contribution in [3.05, 3.63) is 60.6 Å². The van der Waals surface area contributed by atoms with Crippen molar-refractivity contribution in [3.63, 3.8) is 0 Å². The summed E-state index contributed by atoms with van der Waals surface area (Å²) >= 11 is 0. The highest BCUT2D eigenvalue weighted by Crippen LogP contribution is 2.30. The van der Waals surface area contributed by atoms with Gasteiger partial charge in [-0.25, -0.2) is 0 Å². The van der Waals surface area contributed by atoms with Crippen molar-refractivity contribution < 1.29 is 14.3 Å². The average Bonchev–Trinajstić information content (AvgIpc) is 3.28. The standard InChI is InChI=1S/C18H18N4O3/c1-21-18(22-8-4-5-9-22)14(11-20-21)17(23)19-10-13-12-24-15-6-2-3-7-16(15)25-13/h2-9,11,13H,10,12H2,1H3,(H,19,23). The molecule has 2 aromatic heterocycles. The molecule has 7 nitrogen and oxygen atoms in total. The normalized spacial score (nSPS) is 15.8. The van der Waals surface area contributed by atoms with Crippen LogP contribution >= 0.6 is 0 Å². The van der Waals surface area contributed by atoms with Gasteiger partial charge >= 0.3 is 0 Å². The fourth-order valence-electron chi connectivity index (χ4n) is 2.84. The number of aromatic nitrogens is 3. The van der Waals surface area contributed by atoms with Crippen LogP contribution in [-0.4, -0.2) is 39.5 Å². The number of nitrogens with one attached hydrogen (secondary N) is 1. The average molecular weight is 338 g/mol. The molecule has 0 bridgehead atoms. The first kappa shape index (κ1) is 15.3. The van der Waals surface area contributed by atoms with Crippen molar-refractivity contribution >= 4 is 5.91 Å². The van der Waals surface area contributed by atoms with Gasteiger partial charge < -0.3 is 19.4 Å². The molecule has 0 radical (unpaired) electrons. The van der Waals surface area contributed by atoms with Crippen molar-refractivity contribution in [2.24, 2.45) is 7.05 Å². The molecule has 1 aliphatic heterocycles. The third kappa shape index (κ3) is 2.96. The van der Waals surface area contributed by atoms with Gasteiger partial charge in [0.25, 0.3) is 5.91 Å². The van der Waals surface area contributed by atoms with Gasteiger partial charge in [0.15, 0.2) is 11.5 Å². The maximum absolute atomic E-state index is 12.6. The van der Waals surface area contributed by atoms with Gasteiger partial charge in [0, 0.05) is 19.4 Å². The van der Waals surface area contributed by atoms with Crippen molar-refractivity contribution in [3.8, 4) is 17.3 Å². The third-order valence-corrected chi connectivity index (χ3v) is 4.06. The number of carbonyl (C=O) groups is 1. The zero-order chi connectivity index (χ0) is 17.2. The van der Waals surface area contributed by atoms with E-state index in [9.17, 15) is 4.79 Å². The minimum atomic E-state index is -0.231. The second-order valence-electron chi connectivity index (χ2n) is 5.80. The zero-order valence-electron chi connectivity index (χ0n) is 13.8. The van der Waals surface area contributed by atoms with E-state index < -0.39 is 0 Å². The number of ether oxygens (including phenoxy) is 2. The van der Waals surface area contributed by atoms with E-state index in [0.717, 1.165) is 5.75 Å². The topological polar surface area (TPSA) is 70.3 Å². The zero-order valence-corrected chi connectivity index (χ0v) is 13.8. The summed E-state index contributed by atoms with van der Waals surface area (Å²) < 4.78 is 15.1. The van der Waals surface area contributed by atoms with Crippen LogP contribution in [0.1, 0.15) is 10.4 Å². The first-order chi connectivity index (χ1) is 12.2. The summed E-state index contributed by atoms with van der Waals surface area (Å²) in [6.07, 6.45) is 5.09. The van der Waals surface area contributed by atoms with E-state index in [4.69, 9.17) is 9.47 Å². The monoisotopic (exact) mass is 338 g/mol. The Morgan fingerprint density at radius 2 is 2.00 bits per heavy atom. The van der Waals surface area contributed by atoms with Crippen LogP contribution in [0.2, 0.25) is 0 Å². The fourth-order valence-corrected chi connectivity index (χ4v) is 2.84. The minimum Gasteiger partial charge on any atom is -0.486 e. The molecule has 1 amide bonds. The Morgan fingerprint density at radius 1 is 1.24 bits per heavy atom. The molecule has 3 heterocycles. The number of aryl methyl sites for hydroxylation is 1. The van der Waals surface area contributed by atoms with Gasteiger partial charge in [-0.15, -0.1) is 0 Å². The molecule has 0 aliphatic carbocycles. The Kier molecular flexibility index (Phi) is 3.89. The number of hydrogen-bond acceptors (Lipinski definition) is 4. The number of carbonyl (C=O) groups excluding carboxylic acids is 1. The number of fused-ring (bicyclic) bond motifs is 1. The molecular formula is C18H18N4O3. The number of benzene rings is 1. The number of nitrogens with zero attached hydrogens (tertiary/aromatic N) is 3. The van der Waals surface area contributed by atoms with E-state index in [1.165, 1.54) is 0 Å². The molecule has 0 spiro atoms. The van der Waals surface area contributed by atoms with E-state index in [1.54, 1.807) is 17.9 Å². The van der Waals surface area contributed by atoms with Crippen LogP contribution in [0.3, 0.4) is 0 Å². The maximum Gasteiger partial charge on any atom is 0.256 e. The van der Waals surface area contributed by atoms with E-state index >= 15 is 0 Å². The molecule has 128 valence electrons. The predicted octanol–water partition coefficient (Wildman–Crippen LogP) is 1.78. The highest BCUT2D eigenvalue weighted by molar-refractivity contribution is 5.97. The van der Waals surface area contributed by atoms with Crippen LogP contribution in [0.5, 0.6) is 11.5 Å². The first-order valence-corrected chi connectivity index (χ1v) is 8.04. The van der Waals surface area contributed by atoms with Gasteiger partial charge in [-0.05, 0) is 24.3 Å². The van der Waals surface area contributed by atoms with Crippen molar-refractivity contribution in [2.75, 3.05) is 13.2 Å². The summed E-state index contributed by atoms with van der Waals surface area (Å²) in [5, 5.41) is 7.10. The number of amides is 1. The van der Waals surface area contributed by atoms with Crippen molar-refractivity contribution in [2.45, 2.75) is 6.10 Å². The largest absolute Gasteiger partial charge is 0.486 e. The number of rotatable bonds is 4. The molecule has 1 unspecified atom stereocenters. The summed E-state index contributed by atoms with van der Waals surface area (Å²) in [6.45, 7) is 0.752. The Labute approximate surface area is 144 Å². The van der Waals surface area contributed by atoms with Gasteiger partial charge in [0.1, 0.15) is 24.1 Å². The maximum atomic E-state index is 12.6. The molecule has 1 N–H and O–H groups in total. The van der Waals surface area contributed by atoms with E-state index in [-0.39, 0.29) is 12.0 Å². The molecule has 25 heavy (non-hydrogen) atoms. The van der Waals surface area contributed by atoms with Crippen LogP contribution in [0.25, 0.3) is 5.82 Å². The first-order valence-electron chi connectivity index (χ1n) is 8.04. The fraction of sp³-hybridized carbons (Fsp3) is 0.222. The molecule has 0 saturated carbocycles. The molecule has 7 heteroatoms. The minimum absolute atomic E-state index is 0.195. The van der Waals surface area contributed by atoms with Crippen molar-refractivity contribution in [1.29, 1.82) is 0 Å². The SMILES string of the molecule is Cn1ncc(C(=O)NCC2COc3ccccc3O2)c1-n1cccc1. The summed E-state index contributed by atoms with van der Waals surface area (Å²) in [4.78, 5) is 12.6. The molecular weight excluding hydrogens is 320 g/mol. The van der Waals surface area contributed by atoms with Gasteiger partial charge in [-0.3, -0.25) is 9.48 Å². The molecule has 1 atom stereocenters. The summed E-state index contributed by atoms with van der Waals surface area (Å²) in [5.41, 5.74) is 0.510. The highest BCUT2D eigenvalue weighted by Gasteiger charge is 2.23. The number of hydrogen-bond donors (Lipinski definition) is 1. The Bertz CT molecular complexity index is 886. The van der Waals surface area contributed by atoms with Crippen LogP contribution in [0, 0.1) is 0 Å². The molecule has 1 aromatic carbocycles. The van der Waals surface area contributed by atoms with Gasteiger partial charge in [-0.2, -0.15) is 5.10 Å². The molecule has 4 rings (SSSR count). The van der Waals surface area contributed by atoms with Gasteiger partial charge in [-0.1, -0.05) is 12.1 Å². The van der Waals surface area contributed by atoms with Gasteiger partial charge in [0.2, 0.25) is 0 Å². The highest BCUT2D eigenvalue weighted by atomic mass is 16.6. The van der Waals surface area contributed by atoms with Crippen LogP contribution in [0.4, 0.5) is 0 Å². The Balaban J connectivity index is 1.44. The lowest BCUT2D eigenvalue weighted by Gasteiger charge is -2.26.